The first-order valence-corrected chi connectivity index (χ1v) is 9.29. The number of piperazine rings is 1. The highest BCUT2D eigenvalue weighted by Crippen LogP contribution is 2.28. The molecule has 2 rings (SSSR count). The van der Waals surface area contributed by atoms with Gasteiger partial charge in [-0.15, -0.1) is 0 Å². The maximum atomic E-state index is 11.8. The molecule has 1 aliphatic rings. The molecular formula is C19H30N4O4. The van der Waals surface area contributed by atoms with Crippen molar-refractivity contribution in [1.82, 2.24) is 15.1 Å². The van der Waals surface area contributed by atoms with E-state index in [0.717, 1.165) is 17.3 Å². The molecule has 1 fully saturated rings. The Balaban J connectivity index is 1.90. The first kappa shape index (κ1) is 20.7. The monoisotopic (exact) mass is 378 g/mol. The van der Waals surface area contributed by atoms with Crippen molar-refractivity contribution in [2.45, 2.75) is 20.4 Å². The van der Waals surface area contributed by atoms with Crippen LogP contribution in [0, 0.1) is 0 Å². The van der Waals surface area contributed by atoms with Crippen molar-refractivity contribution in [3.63, 3.8) is 0 Å². The summed E-state index contributed by atoms with van der Waals surface area (Å²) in [5.41, 5.74) is 1.07. The first-order chi connectivity index (χ1) is 13.1. The minimum Gasteiger partial charge on any atom is -0.493 e. The van der Waals surface area contributed by atoms with E-state index in [4.69, 9.17) is 14.2 Å². The van der Waals surface area contributed by atoms with Gasteiger partial charge in [0.05, 0.1) is 20.3 Å². The first-order valence-electron chi connectivity index (χ1n) is 9.29. The van der Waals surface area contributed by atoms with Gasteiger partial charge in [-0.1, -0.05) is 6.07 Å². The van der Waals surface area contributed by atoms with Crippen molar-refractivity contribution in [2.75, 3.05) is 53.6 Å². The van der Waals surface area contributed by atoms with E-state index in [1.54, 1.807) is 19.1 Å². The van der Waals surface area contributed by atoms with Gasteiger partial charge in [0.1, 0.15) is 0 Å². The van der Waals surface area contributed by atoms with E-state index in [2.05, 4.69) is 15.2 Å². The number of aliphatic imine (C=N–C) groups is 1. The molecule has 0 aliphatic carbocycles. The average molecular weight is 378 g/mol. The molecule has 1 N–H and O–H groups in total. The van der Waals surface area contributed by atoms with Crippen LogP contribution in [0.2, 0.25) is 0 Å². The van der Waals surface area contributed by atoms with E-state index in [9.17, 15) is 4.79 Å². The number of hydrogen-bond donors (Lipinski definition) is 1. The maximum Gasteiger partial charge on any atom is 0.409 e. The van der Waals surface area contributed by atoms with Crippen molar-refractivity contribution in [2.24, 2.45) is 4.99 Å². The molecule has 0 spiro atoms. The lowest BCUT2D eigenvalue weighted by molar-refractivity contribution is 0.0914. The lowest BCUT2D eigenvalue weighted by Crippen LogP contribution is -2.53. The average Bonchev–Trinajstić information content (AvgIpc) is 2.70. The zero-order valence-corrected chi connectivity index (χ0v) is 16.7. The van der Waals surface area contributed by atoms with Crippen molar-refractivity contribution in [3.05, 3.63) is 23.8 Å². The van der Waals surface area contributed by atoms with Crippen LogP contribution in [0.5, 0.6) is 11.5 Å². The number of benzene rings is 1. The van der Waals surface area contributed by atoms with Crippen LogP contribution in [0.25, 0.3) is 0 Å². The van der Waals surface area contributed by atoms with Crippen LogP contribution in [0.15, 0.2) is 23.2 Å². The molecule has 0 aromatic heterocycles. The van der Waals surface area contributed by atoms with E-state index in [1.165, 1.54) is 0 Å². The predicted octanol–water partition coefficient (Wildman–Crippen LogP) is 1.94. The van der Waals surface area contributed by atoms with E-state index < -0.39 is 0 Å². The summed E-state index contributed by atoms with van der Waals surface area (Å²) in [5.74, 6) is 2.27. The molecule has 1 heterocycles. The molecule has 0 bridgehead atoms. The Morgan fingerprint density at radius 3 is 2.41 bits per heavy atom. The van der Waals surface area contributed by atoms with Crippen LogP contribution < -0.4 is 14.8 Å². The number of rotatable bonds is 6. The van der Waals surface area contributed by atoms with Gasteiger partial charge in [0.15, 0.2) is 17.5 Å². The molecule has 0 saturated carbocycles. The maximum absolute atomic E-state index is 11.8. The minimum absolute atomic E-state index is 0.249. The fourth-order valence-electron chi connectivity index (χ4n) is 2.93. The number of guanidine groups is 1. The summed E-state index contributed by atoms with van der Waals surface area (Å²) < 4.78 is 16.0. The van der Waals surface area contributed by atoms with Crippen LogP contribution >= 0.6 is 0 Å². The Kier molecular flexibility index (Phi) is 8.03. The third-order valence-corrected chi connectivity index (χ3v) is 4.30. The van der Waals surface area contributed by atoms with Gasteiger partial charge in [-0.05, 0) is 31.5 Å². The van der Waals surface area contributed by atoms with Crippen LogP contribution in [0.1, 0.15) is 19.4 Å². The molecule has 1 amide bonds. The summed E-state index contributed by atoms with van der Waals surface area (Å²) in [4.78, 5) is 20.0. The number of ether oxygens (including phenoxy) is 3. The molecule has 8 nitrogen and oxygen atoms in total. The Labute approximate surface area is 161 Å². The van der Waals surface area contributed by atoms with Crippen LogP contribution in [-0.4, -0.2) is 75.4 Å². The molecule has 8 heteroatoms. The third kappa shape index (κ3) is 5.67. The standard InChI is InChI=1S/C19H30N4O4/c1-5-26-16-8-7-15(13-17(16)25-4)14-21-18(20-3)22-9-11-23(12-10-22)19(24)27-6-2/h7-8,13H,5-6,9-12,14H2,1-4H3,(H,20,21). The van der Waals surface area contributed by atoms with Gasteiger partial charge in [-0.2, -0.15) is 0 Å². The fourth-order valence-corrected chi connectivity index (χ4v) is 2.93. The van der Waals surface area contributed by atoms with Crippen molar-refractivity contribution in [3.8, 4) is 11.5 Å². The number of carbonyl (C=O) groups is 1. The lowest BCUT2D eigenvalue weighted by atomic mass is 10.2. The molecule has 1 saturated heterocycles. The second kappa shape index (κ2) is 10.5. The summed E-state index contributed by atoms with van der Waals surface area (Å²) in [6.07, 6.45) is -0.249. The molecule has 150 valence electrons. The zero-order chi connectivity index (χ0) is 19.6. The highest BCUT2D eigenvalue weighted by Gasteiger charge is 2.23. The van der Waals surface area contributed by atoms with Crippen LogP contribution in [0.4, 0.5) is 4.79 Å². The fraction of sp³-hybridized carbons (Fsp3) is 0.579. The molecule has 1 aromatic carbocycles. The highest BCUT2D eigenvalue weighted by molar-refractivity contribution is 5.80. The van der Waals surface area contributed by atoms with Gasteiger partial charge in [0.2, 0.25) is 0 Å². The minimum atomic E-state index is -0.249. The van der Waals surface area contributed by atoms with Gasteiger partial charge in [0, 0.05) is 39.8 Å². The lowest BCUT2D eigenvalue weighted by Gasteiger charge is -2.35. The molecule has 0 atom stereocenters. The second-order valence-electron chi connectivity index (χ2n) is 5.99. The zero-order valence-electron chi connectivity index (χ0n) is 16.7. The normalized spacial score (nSPS) is 14.7. The molecule has 0 radical (unpaired) electrons. The highest BCUT2D eigenvalue weighted by atomic mass is 16.6. The molecule has 1 aliphatic heterocycles. The van der Waals surface area contributed by atoms with E-state index in [-0.39, 0.29) is 6.09 Å². The summed E-state index contributed by atoms with van der Waals surface area (Å²) in [6.45, 7) is 8.04. The molecule has 27 heavy (non-hydrogen) atoms. The topological polar surface area (TPSA) is 75.6 Å². The number of amides is 1. The molecular weight excluding hydrogens is 348 g/mol. The van der Waals surface area contributed by atoms with Gasteiger partial charge in [0.25, 0.3) is 0 Å². The number of methoxy groups -OCH3 is 1. The summed E-state index contributed by atoms with van der Waals surface area (Å²) in [5, 5.41) is 3.37. The second-order valence-corrected chi connectivity index (χ2v) is 5.99. The number of nitrogens with zero attached hydrogens (tertiary/aromatic N) is 3. The van der Waals surface area contributed by atoms with Crippen molar-refractivity contribution >= 4 is 12.1 Å². The third-order valence-electron chi connectivity index (χ3n) is 4.30. The Morgan fingerprint density at radius 2 is 1.81 bits per heavy atom. The molecule has 1 aromatic rings. The number of hydrogen-bond acceptors (Lipinski definition) is 5. The summed E-state index contributed by atoms with van der Waals surface area (Å²) in [6, 6.07) is 5.89. The van der Waals surface area contributed by atoms with Gasteiger partial charge >= 0.3 is 6.09 Å². The predicted molar refractivity (Wildman–Crippen MR) is 105 cm³/mol. The Bertz CT molecular complexity index is 643. The van der Waals surface area contributed by atoms with E-state index >= 15 is 0 Å². The summed E-state index contributed by atoms with van der Waals surface area (Å²) in [7, 11) is 3.40. The number of nitrogens with one attached hydrogen (secondary N) is 1. The summed E-state index contributed by atoms with van der Waals surface area (Å²) >= 11 is 0. The SMILES string of the molecule is CCOC(=O)N1CCN(C(=NC)NCc2ccc(OCC)c(OC)c2)CC1. The van der Waals surface area contributed by atoms with Crippen molar-refractivity contribution in [1.29, 1.82) is 0 Å². The van der Waals surface area contributed by atoms with Gasteiger partial charge < -0.3 is 29.3 Å². The van der Waals surface area contributed by atoms with Crippen LogP contribution in [0.3, 0.4) is 0 Å². The largest absolute Gasteiger partial charge is 0.493 e. The quantitative estimate of drug-likeness (QED) is 0.602. The smallest absolute Gasteiger partial charge is 0.409 e. The Hall–Kier alpha value is -2.64. The Morgan fingerprint density at radius 1 is 1.11 bits per heavy atom. The van der Waals surface area contributed by atoms with E-state index in [0.29, 0.717) is 51.7 Å². The van der Waals surface area contributed by atoms with E-state index in [1.807, 2.05) is 32.0 Å². The van der Waals surface area contributed by atoms with Crippen LogP contribution in [-0.2, 0) is 11.3 Å². The van der Waals surface area contributed by atoms with Gasteiger partial charge in [-0.3, -0.25) is 4.99 Å². The molecule has 0 unspecified atom stereocenters. The van der Waals surface area contributed by atoms with Gasteiger partial charge in [-0.25, -0.2) is 4.79 Å². The van der Waals surface area contributed by atoms with Crippen molar-refractivity contribution < 1.29 is 19.0 Å². The number of carbonyl (C=O) groups excluding carboxylic acids is 1.